The van der Waals surface area contributed by atoms with Gasteiger partial charge in [0.2, 0.25) is 5.91 Å². The Balaban J connectivity index is 1.46. The quantitative estimate of drug-likeness (QED) is 0.384. The minimum absolute atomic E-state index is 0.179. The second-order valence-corrected chi connectivity index (χ2v) is 7.98. The molecule has 1 aliphatic rings. The maximum Gasteiger partial charge on any atom is 0.230 e. The zero-order valence-electron chi connectivity index (χ0n) is 18.7. The molecular formula is C24H24N8O2. The minimum atomic E-state index is -0.179. The van der Waals surface area contributed by atoms with Gasteiger partial charge in [0.1, 0.15) is 17.4 Å². The molecule has 0 unspecified atom stereocenters. The third-order valence-electron chi connectivity index (χ3n) is 5.57. The van der Waals surface area contributed by atoms with Crippen LogP contribution in [0.1, 0.15) is 12.0 Å². The summed E-state index contributed by atoms with van der Waals surface area (Å²) in [5, 5.41) is 10.5. The summed E-state index contributed by atoms with van der Waals surface area (Å²) in [5.41, 5.74) is 2.22. The molecule has 0 radical (unpaired) electrons. The molecule has 5 heterocycles. The molecule has 4 aromatic heterocycles. The van der Waals surface area contributed by atoms with Crippen molar-refractivity contribution in [2.45, 2.75) is 18.9 Å². The average Bonchev–Trinajstić information content (AvgIpc) is 3.37. The molecule has 4 aromatic rings. The van der Waals surface area contributed by atoms with E-state index < -0.39 is 0 Å². The monoisotopic (exact) mass is 456 g/mol. The van der Waals surface area contributed by atoms with E-state index in [0.717, 1.165) is 36.0 Å². The van der Waals surface area contributed by atoms with E-state index in [2.05, 4.69) is 30.9 Å². The fraction of sp³-hybridized carbons (Fsp3) is 0.250. The van der Waals surface area contributed by atoms with Crippen molar-refractivity contribution in [1.29, 1.82) is 0 Å². The van der Waals surface area contributed by atoms with Gasteiger partial charge in [0, 0.05) is 36.7 Å². The van der Waals surface area contributed by atoms with E-state index in [1.165, 1.54) is 0 Å². The number of nitrogens with one attached hydrogen (secondary N) is 3. The summed E-state index contributed by atoms with van der Waals surface area (Å²) in [4.78, 5) is 34.6. The highest BCUT2D eigenvalue weighted by molar-refractivity contribution is 5.95. The van der Waals surface area contributed by atoms with E-state index in [-0.39, 0.29) is 18.4 Å². The minimum Gasteiger partial charge on any atom is -0.494 e. The van der Waals surface area contributed by atoms with Gasteiger partial charge in [-0.3, -0.25) is 14.8 Å². The molecule has 10 heteroatoms. The molecule has 34 heavy (non-hydrogen) atoms. The number of fused-ring (bicyclic) bond motifs is 1. The van der Waals surface area contributed by atoms with E-state index in [9.17, 15) is 4.79 Å². The van der Waals surface area contributed by atoms with Gasteiger partial charge < -0.3 is 20.7 Å². The van der Waals surface area contributed by atoms with Crippen LogP contribution in [0.25, 0.3) is 22.3 Å². The fourth-order valence-corrected chi connectivity index (χ4v) is 3.93. The molecule has 0 saturated carbocycles. The number of carbonyl (C=O) groups is 1. The predicted octanol–water partition coefficient (Wildman–Crippen LogP) is 2.45. The normalized spacial score (nSPS) is 15.3. The Morgan fingerprint density at radius 1 is 1.18 bits per heavy atom. The van der Waals surface area contributed by atoms with Crippen molar-refractivity contribution in [3.63, 3.8) is 0 Å². The number of pyridine rings is 3. The van der Waals surface area contributed by atoms with E-state index in [1.54, 1.807) is 50.2 Å². The number of anilines is 2. The maximum absolute atomic E-state index is 12.5. The summed E-state index contributed by atoms with van der Waals surface area (Å²) in [7, 11) is 1.61. The molecule has 1 fully saturated rings. The van der Waals surface area contributed by atoms with Gasteiger partial charge in [-0.1, -0.05) is 6.07 Å². The highest BCUT2D eigenvalue weighted by atomic mass is 16.5. The largest absolute Gasteiger partial charge is 0.494 e. The number of rotatable bonds is 7. The highest BCUT2D eigenvalue weighted by Crippen LogP contribution is 2.32. The number of ether oxygens (including phenoxy) is 1. The Morgan fingerprint density at radius 3 is 2.91 bits per heavy atom. The Kier molecular flexibility index (Phi) is 6.21. The van der Waals surface area contributed by atoms with Gasteiger partial charge in [-0.25, -0.2) is 15.0 Å². The predicted molar refractivity (Wildman–Crippen MR) is 129 cm³/mol. The first-order valence-corrected chi connectivity index (χ1v) is 11.0. The summed E-state index contributed by atoms with van der Waals surface area (Å²) < 4.78 is 5.53. The molecule has 172 valence electrons. The van der Waals surface area contributed by atoms with E-state index >= 15 is 0 Å². The Bertz CT molecular complexity index is 1310. The van der Waals surface area contributed by atoms with Gasteiger partial charge in [0.05, 0.1) is 36.8 Å². The molecule has 5 rings (SSSR count). The number of amides is 1. The third-order valence-corrected chi connectivity index (χ3v) is 5.57. The van der Waals surface area contributed by atoms with Gasteiger partial charge >= 0.3 is 0 Å². The zero-order chi connectivity index (χ0) is 23.3. The first-order valence-electron chi connectivity index (χ1n) is 11.0. The average molecular weight is 457 g/mol. The smallest absolute Gasteiger partial charge is 0.230 e. The number of hydrogen-bond acceptors (Lipinski definition) is 9. The molecule has 0 spiro atoms. The third kappa shape index (κ3) is 4.76. The second kappa shape index (κ2) is 9.75. The van der Waals surface area contributed by atoms with Crippen LogP contribution in [0.3, 0.4) is 0 Å². The zero-order valence-corrected chi connectivity index (χ0v) is 18.7. The first kappa shape index (κ1) is 21.7. The van der Waals surface area contributed by atoms with Crippen molar-refractivity contribution in [2.75, 3.05) is 30.8 Å². The van der Waals surface area contributed by atoms with Crippen molar-refractivity contribution in [2.24, 2.45) is 0 Å². The lowest BCUT2D eigenvalue weighted by Crippen LogP contribution is -2.23. The van der Waals surface area contributed by atoms with Crippen LogP contribution in [-0.4, -0.2) is 57.1 Å². The number of aromatic nitrogens is 5. The lowest BCUT2D eigenvalue weighted by Gasteiger charge is -2.16. The molecular weight excluding hydrogens is 432 g/mol. The van der Waals surface area contributed by atoms with Gasteiger partial charge in [-0.05, 0) is 36.7 Å². The number of nitrogens with zero attached hydrogens (tertiary/aromatic N) is 5. The molecule has 1 aliphatic heterocycles. The van der Waals surface area contributed by atoms with E-state index in [4.69, 9.17) is 14.7 Å². The van der Waals surface area contributed by atoms with Crippen molar-refractivity contribution in [1.82, 2.24) is 30.2 Å². The van der Waals surface area contributed by atoms with Gasteiger partial charge in [-0.15, -0.1) is 0 Å². The summed E-state index contributed by atoms with van der Waals surface area (Å²) in [5.74, 6) is 2.04. The number of methoxy groups -OCH3 is 1. The number of hydrogen-bond donors (Lipinski definition) is 3. The van der Waals surface area contributed by atoms with E-state index in [1.807, 2.05) is 12.1 Å². The fourth-order valence-electron chi connectivity index (χ4n) is 3.93. The van der Waals surface area contributed by atoms with Crippen molar-refractivity contribution in [3.8, 4) is 17.1 Å². The van der Waals surface area contributed by atoms with Crippen LogP contribution in [0.4, 0.5) is 11.6 Å². The Labute approximate surface area is 196 Å². The molecule has 1 atom stereocenters. The van der Waals surface area contributed by atoms with Crippen LogP contribution >= 0.6 is 0 Å². The SMILES string of the molecule is COc1cncc2nc(-c3ccnc(NC(=O)Cc4cccnc4)c3)nc(N[C@@H]3CCNC3)c12. The molecule has 0 aliphatic carbocycles. The van der Waals surface area contributed by atoms with Crippen molar-refractivity contribution in [3.05, 3.63) is 60.8 Å². The number of carbonyl (C=O) groups excluding carboxylic acids is 1. The van der Waals surface area contributed by atoms with Gasteiger partial charge in [0.25, 0.3) is 0 Å². The topological polar surface area (TPSA) is 127 Å². The van der Waals surface area contributed by atoms with Crippen LogP contribution in [0.5, 0.6) is 5.75 Å². The molecule has 0 aromatic carbocycles. The van der Waals surface area contributed by atoms with Crippen molar-refractivity contribution < 1.29 is 9.53 Å². The summed E-state index contributed by atoms with van der Waals surface area (Å²) in [6, 6.07) is 7.48. The van der Waals surface area contributed by atoms with E-state index in [0.29, 0.717) is 28.7 Å². The molecule has 3 N–H and O–H groups in total. The Morgan fingerprint density at radius 2 is 2.12 bits per heavy atom. The van der Waals surface area contributed by atoms with Crippen molar-refractivity contribution >= 4 is 28.4 Å². The summed E-state index contributed by atoms with van der Waals surface area (Å²) >= 11 is 0. The first-order chi connectivity index (χ1) is 16.7. The van der Waals surface area contributed by atoms with Crippen LogP contribution in [0.2, 0.25) is 0 Å². The van der Waals surface area contributed by atoms with Crippen LogP contribution < -0.4 is 20.7 Å². The molecule has 0 bridgehead atoms. The molecule has 1 saturated heterocycles. The van der Waals surface area contributed by atoms with Crippen LogP contribution in [0.15, 0.2) is 55.2 Å². The lowest BCUT2D eigenvalue weighted by molar-refractivity contribution is -0.115. The van der Waals surface area contributed by atoms with Crippen LogP contribution in [-0.2, 0) is 11.2 Å². The van der Waals surface area contributed by atoms with Gasteiger partial charge in [-0.2, -0.15) is 0 Å². The lowest BCUT2D eigenvalue weighted by atomic mass is 10.2. The highest BCUT2D eigenvalue weighted by Gasteiger charge is 2.20. The van der Waals surface area contributed by atoms with Crippen LogP contribution in [0, 0.1) is 0 Å². The summed E-state index contributed by atoms with van der Waals surface area (Å²) in [6.07, 6.45) is 9.53. The second-order valence-electron chi connectivity index (χ2n) is 7.98. The maximum atomic E-state index is 12.5. The Hall–Kier alpha value is -4.18. The standard InChI is InChI=1S/C24H24N8O2/c1-34-19-14-27-13-18-22(19)24(29-17-5-7-26-12-17)32-23(30-18)16-4-8-28-20(10-16)31-21(33)9-15-3-2-6-25-11-15/h2-4,6,8,10-11,13-14,17,26H,5,7,9,12H2,1H3,(H,28,31,33)(H,29,30,32)/t17-/m1/s1. The summed E-state index contributed by atoms with van der Waals surface area (Å²) in [6.45, 7) is 1.81. The molecule has 10 nitrogen and oxygen atoms in total. The molecule has 1 amide bonds. The van der Waals surface area contributed by atoms with Gasteiger partial charge in [0.15, 0.2) is 5.82 Å².